The summed E-state index contributed by atoms with van der Waals surface area (Å²) >= 11 is 0. The molecule has 1 N–H and O–H groups in total. The standard InChI is InChI=1S/C22H17NO2/c24-22-20(19-8-4-5-9-21(19)23-22)14-16-10-12-18(13-11-16)25-15-17-6-2-1-3-7-17/h1-14H,15H2,(H,23,24)/b20-14+. The lowest BCUT2D eigenvalue weighted by Gasteiger charge is -2.06. The van der Waals surface area contributed by atoms with E-state index in [0.717, 1.165) is 28.1 Å². The van der Waals surface area contributed by atoms with Crippen molar-refractivity contribution in [2.75, 3.05) is 5.32 Å². The molecular weight excluding hydrogens is 310 g/mol. The first kappa shape index (κ1) is 15.2. The van der Waals surface area contributed by atoms with E-state index in [1.54, 1.807) is 0 Å². The maximum absolute atomic E-state index is 12.2. The zero-order valence-corrected chi connectivity index (χ0v) is 13.6. The highest BCUT2D eigenvalue weighted by Gasteiger charge is 2.23. The molecule has 1 amide bonds. The summed E-state index contributed by atoms with van der Waals surface area (Å²) < 4.78 is 5.79. The van der Waals surface area contributed by atoms with Crippen molar-refractivity contribution in [3.8, 4) is 5.75 Å². The summed E-state index contributed by atoms with van der Waals surface area (Å²) in [6.07, 6.45) is 1.90. The molecule has 4 rings (SSSR count). The monoisotopic (exact) mass is 327 g/mol. The maximum Gasteiger partial charge on any atom is 0.256 e. The highest BCUT2D eigenvalue weighted by molar-refractivity contribution is 6.34. The number of fused-ring (bicyclic) bond motifs is 1. The molecule has 3 aromatic rings. The van der Waals surface area contributed by atoms with Gasteiger partial charge in [0.1, 0.15) is 12.4 Å². The summed E-state index contributed by atoms with van der Waals surface area (Å²) in [6, 6.07) is 25.6. The third-order valence-corrected chi connectivity index (χ3v) is 4.15. The molecule has 0 unspecified atom stereocenters. The fraction of sp³-hybridized carbons (Fsp3) is 0.0455. The lowest BCUT2D eigenvalue weighted by atomic mass is 10.0. The molecule has 0 radical (unpaired) electrons. The van der Waals surface area contributed by atoms with Gasteiger partial charge in [0.15, 0.2) is 0 Å². The Kier molecular flexibility index (Phi) is 4.05. The number of hydrogen-bond donors (Lipinski definition) is 1. The second-order valence-corrected chi connectivity index (χ2v) is 5.90. The SMILES string of the molecule is O=C1Nc2ccccc2/C1=C\c1ccc(OCc2ccccc2)cc1. The van der Waals surface area contributed by atoms with E-state index in [0.29, 0.717) is 12.2 Å². The van der Waals surface area contributed by atoms with Crippen LogP contribution >= 0.6 is 0 Å². The van der Waals surface area contributed by atoms with Crippen LogP contribution in [0.1, 0.15) is 16.7 Å². The van der Waals surface area contributed by atoms with Gasteiger partial charge in [0, 0.05) is 16.8 Å². The lowest BCUT2D eigenvalue weighted by Crippen LogP contribution is -2.03. The molecule has 1 aliphatic rings. The third-order valence-electron chi connectivity index (χ3n) is 4.15. The maximum atomic E-state index is 12.2. The van der Waals surface area contributed by atoms with Gasteiger partial charge in [-0.05, 0) is 35.4 Å². The molecule has 3 nitrogen and oxygen atoms in total. The normalized spacial score (nSPS) is 14.2. The second kappa shape index (κ2) is 6.65. The van der Waals surface area contributed by atoms with Crippen LogP contribution < -0.4 is 10.1 Å². The van der Waals surface area contributed by atoms with E-state index in [9.17, 15) is 4.79 Å². The predicted molar refractivity (Wildman–Crippen MR) is 100 cm³/mol. The molecule has 0 spiro atoms. The first-order chi connectivity index (χ1) is 12.3. The first-order valence-electron chi connectivity index (χ1n) is 8.19. The van der Waals surface area contributed by atoms with Crippen LogP contribution in [0.15, 0.2) is 78.9 Å². The van der Waals surface area contributed by atoms with Gasteiger partial charge in [-0.3, -0.25) is 4.79 Å². The number of amides is 1. The number of ether oxygens (including phenoxy) is 1. The summed E-state index contributed by atoms with van der Waals surface area (Å²) in [6.45, 7) is 0.539. The zero-order valence-electron chi connectivity index (χ0n) is 13.6. The van der Waals surface area contributed by atoms with Crippen molar-refractivity contribution in [1.82, 2.24) is 0 Å². The largest absolute Gasteiger partial charge is 0.489 e. The highest BCUT2D eigenvalue weighted by Crippen LogP contribution is 2.32. The highest BCUT2D eigenvalue weighted by atomic mass is 16.5. The molecule has 0 aliphatic carbocycles. The Hall–Kier alpha value is -3.33. The molecule has 3 aromatic carbocycles. The van der Waals surface area contributed by atoms with Gasteiger partial charge >= 0.3 is 0 Å². The fourth-order valence-electron chi connectivity index (χ4n) is 2.85. The number of nitrogens with one attached hydrogen (secondary N) is 1. The van der Waals surface area contributed by atoms with Gasteiger partial charge < -0.3 is 10.1 Å². The van der Waals surface area contributed by atoms with E-state index in [-0.39, 0.29) is 5.91 Å². The molecule has 0 atom stereocenters. The minimum absolute atomic E-state index is 0.0643. The van der Waals surface area contributed by atoms with Crippen LogP contribution in [-0.2, 0) is 11.4 Å². The Morgan fingerprint density at radius 1 is 0.840 bits per heavy atom. The molecule has 0 saturated heterocycles. The second-order valence-electron chi connectivity index (χ2n) is 5.90. The number of hydrogen-bond acceptors (Lipinski definition) is 2. The summed E-state index contributed by atoms with van der Waals surface area (Å²) in [4.78, 5) is 12.2. The fourth-order valence-corrected chi connectivity index (χ4v) is 2.85. The summed E-state index contributed by atoms with van der Waals surface area (Å²) in [5, 5.41) is 2.89. The van der Waals surface area contributed by atoms with Crippen molar-refractivity contribution in [2.45, 2.75) is 6.61 Å². The number of anilines is 1. The number of carbonyl (C=O) groups is 1. The van der Waals surface area contributed by atoms with Crippen molar-refractivity contribution in [3.05, 3.63) is 95.6 Å². The Morgan fingerprint density at radius 2 is 1.56 bits per heavy atom. The molecule has 3 heteroatoms. The van der Waals surface area contributed by atoms with Crippen LogP contribution in [0.25, 0.3) is 11.6 Å². The lowest BCUT2D eigenvalue weighted by molar-refractivity contribution is -0.110. The average molecular weight is 327 g/mol. The average Bonchev–Trinajstić information content (AvgIpc) is 2.97. The first-order valence-corrected chi connectivity index (χ1v) is 8.19. The summed E-state index contributed by atoms with van der Waals surface area (Å²) in [7, 11) is 0. The molecule has 25 heavy (non-hydrogen) atoms. The Bertz CT molecular complexity index is 928. The minimum atomic E-state index is -0.0643. The topological polar surface area (TPSA) is 38.3 Å². The van der Waals surface area contributed by atoms with Crippen molar-refractivity contribution in [3.63, 3.8) is 0 Å². The van der Waals surface area contributed by atoms with Gasteiger partial charge in [0.2, 0.25) is 0 Å². The molecule has 0 saturated carbocycles. The van der Waals surface area contributed by atoms with Gasteiger partial charge in [-0.1, -0.05) is 60.7 Å². The zero-order chi connectivity index (χ0) is 17.1. The molecule has 1 aliphatic heterocycles. The third kappa shape index (κ3) is 3.31. The van der Waals surface area contributed by atoms with Crippen LogP contribution in [0.3, 0.4) is 0 Å². The molecule has 122 valence electrons. The number of carbonyl (C=O) groups excluding carboxylic acids is 1. The minimum Gasteiger partial charge on any atom is -0.489 e. The quantitative estimate of drug-likeness (QED) is 0.702. The van der Waals surface area contributed by atoms with Crippen LogP contribution in [0, 0.1) is 0 Å². The molecule has 0 aromatic heterocycles. The van der Waals surface area contributed by atoms with Crippen molar-refractivity contribution in [1.29, 1.82) is 0 Å². The van der Waals surface area contributed by atoms with E-state index in [1.165, 1.54) is 0 Å². The van der Waals surface area contributed by atoms with Gasteiger partial charge in [0.05, 0.1) is 0 Å². The van der Waals surface area contributed by atoms with Gasteiger partial charge in [-0.25, -0.2) is 0 Å². The van der Waals surface area contributed by atoms with Crippen LogP contribution in [0.5, 0.6) is 5.75 Å². The van der Waals surface area contributed by atoms with E-state index in [1.807, 2.05) is 84.9 Å². The molecule has 0 fully saturated rings. The van der Waals surface area contributed by atoms with Crippen LogP contribution in [0.2, 0.25) is 0 Å². The van der Waals surface area contributed by atoms with Crippen molar-refractivity contribution in [2.24, 2.45) is 0 Å². The van der Waals surface area contributed by atoms with E-state index >= 15 is 0 Å². The Labute approximate surface area is 146 Å². The summed E-state index contributed by atoms with van der Waals surface area (Å²) in [5.74, 6) is 0.743. The van der Waals surface area contributed by atoms with E-state index in [2.05, 4.69) is 5.32 Å². The van der Waals surface area contributed by atoms with Crippen molar-refractivity contribution < 1.29 is 9.53 Å². The number of para-hydroxylation sites is 1. The number of rotatable bonds is 4. The van der Waals surface area contributed by atoms with E-state index < -0.39 is 0 Å². The Morgan fingerprint density at radius 3 is 2.36 bits per heavy atom. The van der Waals surface area contributed by atoms with E-state index in [4.69, 9.17) is 4.74 Å². The smallest absolute Gasteiger partial charge is 0.256 e. The molecule has 1 heterocycles. The number of benzene rings is 3. The van der Waals surface area contributed by atoms with Crippen molar-refractivity contribution >= 4 is 23.2 Å². The molecular formula is C22H17NO2. The van der Waals surface area contributed by atoms with Gasteiger partial charge in [-0.2, -0.15) is 0 Å². The van der Waals surface area contributed by atoms with Gasteiger partial charge in [0.25, 0.3) is 5.91 Å². The van der Waals surface area contributed by atoms with Crippen LogP contribution in [-0.4, -0.2) is 5.91 Å². The summed E-state index contributed by atoms with van der Waals surface area (Å²) in [5.41, 5.74) is 4.59. The van der Waals surface area contributed by atoms with Gasteiger partial charge in [-0.15, -0.1) is 0 Å². The Balaban J connectivity index is 1.50. The van der Waals surface area contributed by atoms with Crippen LogP contribution in [0.4, 0.5) is 5.69 Å². The predicted octanol–water partition coefficient (Wildman–Crippen LogP) is 4.76. The molecule has 0 bridgehead atoms.